The molecule has 2 aromatic carbocycles. The fraction of sp³-hybridized carbons (Fsp3) is 0.273. The Morgan fingerprint density at radius 3 is 2.70 bits per heavy atom. The molecule has 0 unspecified atom stereocenters. The van der Waals surface area contributed by atoms with Gasteiger partial charge in [-0.3, -0.25) is 4.79 Å². The molecular weight excluding hydrogens is 423 g/mol. The highest BCUT2D eigenvalue weighted by molar-refractivity contribution is 7.91. The molecule has 3 aromatic rings. The summed E-state index contributed by atoms with van der Waals surface area (Å²) < 4.78 is 38.6. The highest BCUT2D eigenvalue weighted by Crippen LogP contribution is 2.31. The minimum absolute atomic E-state index is 0.0491. The standard InChI is InChI=1S/C22H21FN2O3S2/c1-15-6-7-16-4-2-3-5-20(16)25(15)21(26)14-30(27,28)13-19-12-29-22(24-19)17-8-10-18(23)11-9-17/h2-5,8-12,15H,6-7,13-14H2,1H3/t15-/m0/s1. The maximum atomic E-state index is 13.1. The zero-order chi connectivity index (χ0) is 21.3. The summed E-state index contributed by atoms with van der Waals surface area (Å²) in [5.74, 6) is -1.62. The van der Waals surface area contributed by atoms with Gasteiger partial charge < -0.3 is 4.90 Å². The van der Waals surface area contributed by atoms with Gasteiger partial charge in [-0.2, -0.15) is 0 Å². The van der Waals surface area contributed by atoms with Crippen LogP contribution in [0.2, 0.25) is 0 Å². The van der Waals surface area contributed by atoms with Crippen LogP contribution in [0.3, 0.4) is 0 Å². The van der Waals surface area contributed by atoms with Crippen LogP contribution in [0.15, 0.2) is 53.9 Å². The van der Waals surface area contributed by atoms with Gasteiger partial charge in [-0.05, 0) is 55.7 Å². The highest BCUT2D eigenvalue weighted by atomic mass is 32.2. The van der Waals surface area contributed by atoms with Crippen molar-refractivity contribution in [2.75, 3.05) is 10.7 Å². The van der Waals surface area contributed by atoms with Crippen molar-refractivity contribution >= 4 is 32.8 Å². The lowest BCUT2D eigenvalue weighted by Crippen LogP contribution is -2.45. The number of fused-ring (bicyclic) bond motifs is 1. The van der Waals surface area contributed by atoms with Crippen molar-refractivity contribution in [3.8, 4) is 10.6 Å². The first-order valence-corrected chi connectivity index (χ1v) is 12.3. The van der Waals surface area contributed by atoms with E-state index in [4.69, 9.17) is 0 Å². The van der Waals surface area contributed by atoms with E-state index in [-0.39, 0.29) is 17.6 Å². The third-order valence-electron chi connectivity index (χ3n) is 5.15. The predicted molar refractivity (Wildman–Crippen MR) is 117 cm³/mol. The van der Waals surface area contributed by atoms with Gasteiger partial charge in [0.2, 0.25) is 5.91 Å². The number of anilines is 1. The molecular formula is C22H21FN2O3S2. The van der Waals surface area contributed by atoms with Crippen molar-refractivity contribution in [3.05, 3.63) is 71.0 Å². The molecule has 1 aliphatic heterocycles. The number of aromatic nitrogens is 1. The summed E-state index contributed by atoms with van der Waals surface area (Å²) in [6, 6.07) is 13.5. The molecule has 1 aliphatic rings. The van der Waals surface area contributed by atoms with E-state index in [9.17, 15) is 17.6 Å². The van der Waals surface area contributed by atoms with Gasteiger partial charge in [0.1, 0.15) is 16.6 Å². The second-order valence-electron chi connectivity index (χ2n) is 7.46. The first-order chi connectivity index (χ1) is 14.3. The Labute approximate surface area is 179 Å². The van der Waals surface area contributed by atoms with Crippen LogP contribution in [0.4, 0.5) is 10.1 Å². The normalized spacial score (nSPS) is 16.3. The number of carbonyl (C=O) groups is 1. The molecule has 1 aromatic heterocycles. The third-order valence-corrected chi connectivity index (χ3v) is 7.51. The number of hydrogen-bond donors (Lipinski definition) is 0. The molecule has 0 saturated carbocycles. The molecule has 1 amide bonds. The molecule has 4 rings (SSSR count). The highest BCUT2D eigenvalue weighted by Gasteiger charge is 2.31. The van der Waals surface area contributed by atoms with Crippen LogP contribution in [0.25, 0.3) is 10.6 Å². The number of aryl methyl sites for hydroxylation is 1. The van der Waals surface area contributed by atoms with Gasteiger partial charge >= 0.3 is 0 Å². The molecule has 0 N–H and O–H groups in total. The van der Waals surface area contributed by atoms with Gasteiger partial charge in [-0.15, -0.1) is 11.3 Å². The number of rotatable bonds is 5. The molecule has 0 spiro atoms. The zero-order valence-electron chi connectivity index (χ0n) is 16.4. The van der Waals surface area contributed by atoms with Crippen molar-refractivity contribution in [3.63, 3.8) is 0 Å². The van der Waals surface area contributed by atoms with E-state index < -0.39 is 21.5 Å². The third kappa shape index (κ3) is 4.44. The molecule has 156 valence electrons. The molecule has 0 bridgehead atoms. The van der Waals surface area contributed by atoms with E-state index >= 15 is 0 Å². The number of nitrogens with zero attached hydrogens (tertiary/aromatic N) is 2. The summed E-state index contributed by atoms with van der Waals surface area (Å²) in [6.07, 6.45) is 1.68. The average Bonchev–Trinajstić information content (AvgIpc) is 3.15. The zero-order valence-corrected chi connectivity index (χ0v) is 18.0. The monoisotopic (exact) mass is 444 g/mol. The van der Waals surface area contributed by atoms with E-state index in [1.807, 2.05) is 31.2 Å². The molecule has 0 radical (unpaired) electrons. The predicted octanol–water partition coefficient (Wildman–Crippen LogP) is 4.23. The second kappa shape index (κ2) is 8.28. The average molecular weight is 445 g/mol. The van der Waals surface area contributed by atoms with Gasteiger partial charge in [0.25, 0.3) is 0 Å². The molecule has 2 heterocycles. The van der Waals surface area contributed by atoms with Crippen molar-refractivity contribution < 1.29 is 17.6 Å². The lowest BCUT2D eigenvalue weighted by Gasteiger charge is -2.35. The van der Waals surface area contributed by atoms with Crippen molar-refractivity contribution in [1.82, 2.24) is 4.98 Å². The SMILES string of the molecule is C[C@H]1CCc2ccccc2N1C(=O)CS(=O)(=O)Cc1csc(-c2ccc(F)cc2)n1. The number of halogens is 1. The van der Waals surface area contributed by atoms with Crippen LogP contribution in [0, 0.1) is 5.82 Å². The van der Waals surface area contributed by atoms with Gasteiger partial charge in [-0.1, -0.05) is 18.2 Å². The first-order valence-electron chi connectivity index (χ1n) is 9.63. The number of hydrogen-bond acceptors (Lipinski definition) is 5. The lowest BCUT2D eigenvalue weighted by atomic mass is 9.97. The maximum Gasteiger partial charge on any atom is 0.242 e. The molecule has 0 fully saturated rings. The van der Waals surface area contributed by atoms with Crippen LogP contribution >= 0.6 is 11.3 Å². The van der Waals surface area contributed by atoms with E-state index in [1.54, 1.807) is 22.4 Å². The molecule has 0 aliphatic carbocycles. The Hall–Kier alpha value is -2.58. The smallest absolute Gasteiger partial charge is 0.242 e. The van der Waals surface area contributed by atoms with Gasteiger partial charge in [0.05, 0.1) is 11.4 Å². The minimum atomic E-state index is -3.69. The Morgan fingerprint density at radius 2 is 1.93 bits per heavy atom. The summed E-state index contributed by atoms with van der Waals surface area (Å²) >= 11 is 1.29. The summed E-state index contributed by atoms with van der Waals surface area (Å²) in [4.78, 5) is 18.9. The van der Waals surface area contributed by atoms with E-state index in [0.717, 1.165) is 29.7 Å². The number of amides is 1. The minimum Gasteiger partial charge on any atom is -0.308 e. The van der Waals surface area contributed by atoms with Crippen molar-refractivity contribution in [2.45, 2.75) is 31.6 Å². The topological polar surface area (TPSA) is 67.3 Å². The number of sulfone groups is 1. The molecule has 8 heteroatoms. The second-order valence-corrected chi connectivity index (χ2v) is 10.4. The Balaban J connectivity index is 1.49. The van der Waals surface area contributed by atoms with Crippen molar-refractivity contribution in [1.29, 1.82) is 0 Å². The Bertz CT molecular complexity index is 1170. The summed E-state index contributed by atoms with van der Waals surface area (Å²) in [7, 11) is -3.69. The lowest BCUT2D eigenvalue weighted by molar-refractivity contribution is -0.116. The fourth-order valence-corrected chi connectivity index (χ4v) is 5.85. The number of carbonyl (C=O) groups excluding carboxylic acids is 1. The van der Waals surface area contributed by atoms with Gasteiger partial charge in [0.15, 0.2) is 9.84 Å². The summed E-state index contributed by atoms with van der Waals surface area (Å²) in [6.45, 7) is 1.94. The molecule has 1 atom stereocenters. The van der Waals surface area contributed by atoms with Crippen LogP contribution in [0.5, 0.6) is 0 Å². The summed E-state index contributed by atoms with van der Waals surface area (Å²) in [5.41, 5.74) is 2.97. The van der Waals surface area contributed by atoms with Crippen LogP contribution in [-0.2, 0) is 26.8 Å². The van der Waals surface area contributed by atoms with E-state index in [1.165, 1.54) is 23.5 Å². The van der Waals surface area contributed by atoms with Gasteiger partial charge in [-0.25, -0.2) is 17.8 Å². The largest absolute Gasteiger partial charge is 0.308 e. The molecule has 5 nitrogen and oxygen atoms in total. The molecule has 30 heavy (non-hydrogen) atoms. The number of thiazole rings is 1. The van der Waals surface area contributed by atoms with Crippen molar-refractivity contribution in [2.24, 2.45) is 0 Å². The number of benzene rings is 2. The van der Waals surface area contributed by atoms with E-state index in [0.29, 0.717) is 10.7 Å². The molecule has 0 saturated heterocycles. The maximum absolute atomic E-state index is 13.1. The quantitative estimate of drug-likeness (QED) is 0.591. The van der Waals surface area contributed by atoms with Crippen LogP contribution < -0.4 is 4.90 Å². The fourth-order valence-electron chi connectivity index (χ4n) is 3.70. The van der Waals surface area contributed by atoms with Crippen LogP contribution in [-0.4, -0.2) is 31.1 Å². The first kappa shape index (κ1) is 20.7. The number of para-hydroxylation sites is 1. The van der Waals surface area contributed by atoms with Gasteiger partial charge in [0, 0.05) is 22.7 Å². The Morgan fingerprint density at radius 1 is 1.20 bits per heavy atom. The van der Waals surface area contributed by atoms with Crippen LogP contribution in [0.1, 0.15) is 24.6 Å². The van der Waals surface area contributed by atoms with E-state index in [2.05, 4.69) is 4.98 Å². The Kier molecular flexibility index (Phi) is 5.71. The summed E-state index contributed by atoms with van der Waals surface area (Å²) in [5, 5.41) is 2.28.